The summed E-state index contributed by atoms with van der Waals surface area (Å²) in [5.74, 6) is 0.305. The number of fused-ring (bicyclic) bond motifs is 2. The minimum Gasteiger partial charge on any atom is -0.379 e. The quantitative estimate of drug-likeness (QED) is 0.528. The lowest BCUT2D eigenvalue weighted by atomic mass is 10.2. The molecule has 1 fully saturated rings. The molecule has 0 radical (unpaired) electrons. The smallest absolute Gasteiger partial charge is 0.243 e. The van der Waals surface area contributed by atoms with Gasteiger partial charge in [-0.3, -0.25) is 4.79 Å². The zero-order valence-electron chi connectivity index (χ0n) is 16.7. The number of nitrogens with zero attached hydrogens (tertiary/aromatic N) is 3. The number of hydrogen-bond acceptors (Lipinski definition) is 7. The van der Waals surface area contributed by atoms with Crippen molar-refractivity contribution < 1.29 is 17.9 Å². The molecular weight excluding hydrogens is 454 g/mol. The number of aromatic nitrogens is 1. The normalized spacial score (nSPS) is 17.2. The number of thioether (sulfide) groups is 1. The van der Waals surface area contributed by atoms with Gasteiger partial charge in [0.05, 0.1) is 34.1 Å². The topological polar surface area (TPSA) is 79.8 Å². The van der Waals surface area contributed by atoms with Gasteiger partial charge in [0.25, 0.3) is 0 Å². The van der Waals surface area contributed by atoms with Gasteiger partial charge in [0.1, 0.15) is 0 Å². The van der Waals surface area contributed by atoms with Crippen LogP contribution in [0.5, 0.6) is 0 Å². The Kier molecular flexibility index (Phi) is 5.74. The molecule has 1 aromatic heterocycles. The molecule has 162 valence electrons. The number of hydrogen-bond donors (Lipinski definition) is 0. The van der Waals surface area contributed by atoms with Crippen LogP contribution >= 0.6 is 23.1 Å². The highest BCUT2D eigenvalue weighted by Gasteiger charge is 2.30. The highest BCUT2D eigenvalue weighted by molar-refractivity contribution is 8.01. The summed E-state index contributed by atoms with van der Waals surface area (Å²) < 4.78 is 34.5. The number of amides is 1. The number of carbonyl (C=O) groups is 1. The number of carbonyl (C=O) groups excluding carboxylic acids is 1. The minimum atomic E-state index is -3.54. The van der Waals surface area contributed by atoms with E-state index in [0.29, 0.717) is 45.0 Å². The van der Waals surface area contributed by atoms with E-state index in [9.17, 15) is 13.2 Å². The summed E-state index contributed by atoms with van der Waals surface area (Å²) in [4.78, 5) is 19.5. The van der Waals surface area contributed by atoms with E-state index < -0.39 is 10.0 Å². The first-order valence-electron chi connectivity index (χ1n) is 10.0. The number of rotatable bonds is 5. The summed E-state index contributed by atoms with van der Waals surface area (Å²) in [6, 6.07) is 13.0. The molecule has 3 aromatic rings. The van der Waals surface area contributed by atoms with Crippen LogP contribution in [0.3, 0.4) is 0 Å². The molecule has 3 heterocycles. The summed E-state index contributed by atoms with van der Waals surface area (Å²) in [7, 11) is -3.54. The lowest BCUT2D eigenvalue weighted by Crippen LogP contribution is -2.40. The molecule has 31 heavy (non-hydrogen) atoms. The second kappa shape index (κ2) is 8.51. The Balaban J connectivity index is 1.29. The van der Waals surface area contributed by atoms with Crippen LogP contribution in [0.4, 0.5) is 5.69 Å². The first-order chi connectivity index (χ1) is 15.0. The van der Waals surface area contributed by atoms with Gasteiger partial charge in [-0.2, -0.15) is 4.31 Å². The number of benzene rings is 2. The molecule has 5 rings (SSSR count). The average Bonchev–Trinajstić information content (AvgIpc) is 3.41. The predicted molar refractivity (Wildman–Crippen MR) is 122 cm³/mol. The fourth-order valence-electron chi connectivity index (χ4n) is 3.85. The van der Waals surface area contributed by atoms with Crippen molar-refractivity contribution in [3.63, 3.8) is 0 Å². The molecule has 0 atom stereocenters. The third-order valence-electron chi connectivity index (χ3n) is 5.45. The summed E-state index contributed by atoms with van der Waals surface area (Å²) >= 11 is 3.03. The largest absolute Gasteiger partial charge is 0.379 e. The van der Waals surface area contributed by atoms with E-state index in [4.69, 9.17) is 4.74 Å². The average molecular weight is 476 g/mol. The van der Waals surface area contributed by atoms with Gasteiger partial charge in [0, 0.05) is 25.3 Å². The van der Waals surface area contributed by atoms with Crippen LogP contribution in [-0.2, 0) is 26.0 Å². The van der Waals surface area contributed by atoms with Crippen molar-refractivity contribution in [3.05, 3.63) is 48.0 Å². The van der Waals surface area contributed by atoms with E-state index in [-0.39, 0.29) is 10.8 Å². The van der Waals surface area contributed by atoms with E-state index in [2.05, 4.69) is 4.98 Å². The highest BCUT2D eigenvalue weighted by Crippen LogP contribution is 2.33. The van der Waals surface area contributed by atoms with Crippen molar-refractivity contribution in [3.8, 4) is 0 Å². The van der Waals surface area contributed by atoms with Crippen LogP contribution in [-0.4, -0.2) is 62.2 Å². The molecule has 10 heteroatoms. The van der Waals surface area contributed by atoms with E-state index in [1.807, 2.05) is 24.3 Å². The number of thiazole rings is 1. The van der Waals surface area contributed by atoms with Crippen LogP contribution in [0.25, 0.3) is 10.2 Å². The summed E-state index contributed by atoms with van der Waals surface area (Å²) in [6.45, 7) is 2.13. The van der Waals surface area contributed by atoms with E-state index in [0.717, 1.165) is 25.8 Å². The molecular formula is C21H21N3O4S3. The standard InChI is InChI=1S/C21H21N3O4S3/c25-20(14-29-21-22-17-3-1-2-4-19(17)30-21)24-8-7-15-13-16(5-6-18(15)24)31(26,27)23-9-11-28-12-10-23/h1-6,13H,7-12,14H2. The number of anilines is 1. The summed E-state index contributed by atoms with van der Waals surface area (Å²) in [5.41, 5.74) is 2.64. The highest BCUT2D eigenvalue weighted by atomic mass is 32.2. The van der Waals surface area contributed by atoms with E-state index in [1.165, 1.54) is 16.1 Å². The van der Waals surface area contributed by atoms with Crippen molar-refractivity contribution in [2.75, 3.05) is 43.5 Å². The van der Waals surface area contributed by atoms with Crippen molar-refractivity contribution in [1.29, 1.82) is 0 Å². The lowest BCUT2D eigenvalue weighted by molar-refractivity contribution is -0.116. The Hall–Kier alpha value is -1.98. The second-order valence-corrected chi connectivity index (χ2v) is 11.5. The second-order valence-electron chi connectivity index (χ2n) is 7.34. The number of para-hydroxylation sites is 1. The number of ether oxygens (including phenoxy) is 1. The lowest BCUT2D eigenvalue weighted by Gasteiger charge is -2.26. The van der Waals surface area contributed by atoms with Crippen molar-refractivity contribution in [2.45, 2.75) is 15.7 Å². The third-order valence-corrected chi connectivity index (χ3v) is 9.51. The minimum absolute atomic E-state index is 0.00629. The van der Waals surface area contributed by atoms with Crippen LogP contribution in [0.15, 0.2) is 51.7 Å². The monoisotopic (exact) mass is 475 g/mol. The van der Waals surface area contributed by atoms with Crippen molar-refractivity contribution in [2.24, 2.45) is 0 Å². The van der Waals surface area contributed by atoms with E-state index in [1.54, 1.807) is 34.4 Å². The van der Waals surface area contributed by atoms with Gasteiger partial charge < -0.3 is 9.64 Å². The molecule has 2 aliphatic heterocycles. The van der Waals surface area contributed by atoms with Crippen molar-refractivity contribution >= 4 is 54.9 Å². The maximum Gasteiger partial charge on any atom is 0.243 e. The molecule has 0 spiro atoms. The van der Waals surface area contributed by atoms with Crippen LogP contribution in [0, 0.1) is 0 Å². The van der Waals surface area contributed by atoms with Gasteiger partial charge >= 0.3 is 0 Å². The zero-order chi connectivity index (χ0) is 21.4. The fourth-order valence-corrected chi connectivity index (χ4v) is 7.25. The molecule has 2 aliphatic rings. The van der Waals surface area contributed by atoms with Gasteiger partial charge in [0.2, 0.25) is 15.9 Å². The maximum atomic E-state index is 12.9. The fraction of sp³-hybridized carbons (Fsp3) is 0.333. The number of sulfonamides is 1. The molecule has 2 aromatic carbocycles. The van der Waals surface area contributed by atoms with Gasteiger partial charge in [-0.15, -0.1) is 11.3 Å². The van der Waals surface area contributed by atoms with E-state index >= 15 is 0 Å². The van der Waals surface area contributed by atoms with Crippen LogP contribution < -0.4 is 4.90 Å². The molecule has 7 nitrogen and oxygen atoms in total. The molecule has 1 saturated heterocycles. The molecule has 0 unspecified atom stereocenters. The first-order valence-corrected chi connectivity index (χ1v) is 13.3. The Morgan fingerprint density at radius 2 is 1.94 bits per heavy atom. The van der Waals surface area contributed by atoms with Gasteiger partial charge in [-0.05, 0) is 42.3 Å². The zero-order valence-corrected chi connectivity index (χ0v) is 19.1. The Morgan fingerprint density at radius 3 is 2.74 bits per heavy atom. The van der Waals surface area contributed by atoms with Gasteiger partial charge in [0.15, 0.2) is 4.34 Å². The Labute approximate surface area is 189 Å². The molecule has 0 bridgehead atoms. The Morgan fingerprint density at radius 1 is 1.13 bits per heavy atom. The number of morpholine rings is 1. The van der Waals surface area contributed by atoms with Gasteiger partial charge in [-0.1, -0.05) is 23.9 Å². The predicted octanol–water partition coefficient (Wildman–Crippen LogP) is 3.00. The molecule has 0 aliphatic carbocycles. The maximum absolute atomic E-state index is 12.9. The van der Waals surface area contributed by atoms with Crippen LogP contribution in [0.1, 0.15) is 5.56 Å². The van der Waals surface area contributed by atoms with Gasteiger partial charge in [-0.25, -0.2) is 13.4 Å². The molecule has 0 saturated carbocycles. The van der Waals surface area contributed by atoms with Crippen LogP contribution in [0.2, 0.25) is 0 Å². The Bertz CT molecular complexity index is 1200. The molecule has 0 N–H and O–H groups in total. The molecule has 1 amide bonds. The SMILES string of the molecule is O=C(CSc1nc2ccccc2s1)N1CCc2cc(S(=O)(=O)N3CCOCC3)ccc21. The summed E-state index contributed by atoms with van der Waals surface area (Å²) in [6.07, 6.45) is 0.652. The van der Waals surface area contributed by atoms with Crippen molar-refractivity contribution in [1.82, 2.24) is 9.29 Å². The third kappa shape index (κ3) is 4.10. The summed E-state index contributed by atoms with van der Waals surface area (Å²) in [5, 5.41) is 0. The first kappa shape index (κ1) is 20.9.